The predicted octanol–water partition coefficient (Wildman–Crippen LogP) is 3.75. The van der Waals surface area contributed by atoms with Gasteiger partial charge in [0.25, 0.3) is 5.91 Å². The third-order valence-corrected chi connectivity index (χ3v) is 4.98. The normalized spacial score (nSPS) is 12.5. The van der Waals surface area contributed by atoms with Crippen molar-refractivity contribution in [1.82, 2.24) is 10.6 Å². The Balaban J connectivity index is 2.71. The van der Waals surface area contributed by atoms with Gasteiger partial charge in [0.05, 0.1) is 6.54 Å². The Morgan fingerprint density at radius 1 is 1.07 bits per heavy atom. The molecule has 0 aliphatic heterocycles. The van der Waals surface area contributed by atoms with Gasteiger partial charge in [-0.1, -0.05) is 47.6 Å². The van der Waals surface area contributed by atoms with Gasteiger partial charge in [0, 0.05) is 4.88 Å². The molecule has 0 aliphatic carbocycles. The molecule has 6 nitrogen and oxygen atoms in total. The van der Waals surface area contributed by atoms with E-state index >= 15 is 0 Å². The summed E-state index contributed by atoms with van der Waals surface area (Å²) in [5, 5.41) is 7.12. The highest BCUT2D eigenvalue weighted by Crippen LogP contribution is 2.17. The van der Waals surface area contributed by atoms with Crippen LogP contribution in [-0.2, 0) is 20.9 Å². The van der Waals surface area contributed by atoms with Gasteiger partial charge in [0.15, 0.2) is 0 Å². The molecule has 0 fully saturated rings. The molecule has 0 aliphatic rings. The third kappa shape index (κ3) is 8.12. The minimum atomic E-state index is -0.902. The van der Waals surface area contributed by atoms with Crippen LogP contribution >= 0.6 is 11.3 Å². The first-order chi connectivity index (χ1) is 12.6. The van der Waals surface area contributed by atoms with E-state index in [1.165, 1.54) is 11.3 Å². The summed E-state index contributed by atoms with van der Waals surface area (Å²) in [6.45, 7) is 12.1. The molecule has 1 heterocycles. The van der Waals surface area contributed by atoms with Crippen LogP contribution in [0.15, 0.2) is 17.5 Å². The van der Waals surface area contributed by atoms with Gasteiger partial charge in [-0.25, -0.2) is 4.79 Å². The maximum absolute atomic E-state index is 12.5. The first-order valence-electron chi connectivity index (χ1n) is 9.43. The Morgan fingerprint density at radius 2 is 1.70 bits per heavy atom. The van der Waals surface area contributed by atoms with E-state index in [1.54, 1.807) is 0 Å². The minimum absolute atomic E-state index is 0.135. The van der Waals surface area contributed by atoms with Gasteiger partial charge in [0.1, 0.15) is 12.1 Å². The van der Waals surface area contributed by atoms with Gasteiger partial charge in [-0.15, -0.1) is 11.3 Å². The molecule has 1 rings (SSSR count). The molecular formula is C20H32N2O4S. The van der Waals surface area contributed by atoms with Crippen molar-refractivity contribution in [3.63, 3.8) is 0 Å². The topological polar surface area (TPSA) is 84.5 Å². The van der Waals surface area contributed by atoms with Crippen LogP contribution in [0.25, 0.3) is 0 Å². The standard InChI is InChI=1S/C20H32N2O4S/c1-12(2)10-16(22-20(25)26-18(13(3)4)14(5)6)17(23)19(24)21-11-15-8-7-9-27-15/h7-9,12-14,16,18H,10-11H2,1-6H3,(H,21,24)(H,22,25)/t16-/m0/s1. The molecule has 1 aromatic heterocycles. The fourth-order valence-corrected chi connectivity index (χ4v) is 3.52. The zero-order valence-electron chi connectivity index (χ0n) is 17.1. The summed E-state index contributed by atoms with van der Waals surface area (Å²) in [5.74, 6) is -0.898. The molecule has 0 radical (unpaired) electrons. The quantitative estimate of drug-likeness (QED) is 0.590. The Morgan fingerprint density at radius 3 is 2.19 bits per heavy atom. The van der Waals surface area contributed by atoms with Crippen molar-refractivity contribution < 1.29 is 19.1 Å². The van der Waals surface area contributed by atoms with E-state index in [-0.39, 0.29) is 23.9 Å². The summed E-state index contributed by atoms with van der Waals surface area (Å²) < 4.78 is 5.50. The van der Waals surface area contributed by atoms with Gasteiger partial charge in [-0.05, 0) is 35.6 Å². The molecule has 0 saturated carbocycles. The lowest BCUT2D eigenvalue weighted by molar-refractivity contribution is -0.139. The fourth-order valence-electron chi connectivity index (χ4n) is 2.87. The van der Waals surface area contributed by atoms with Crippen molar-refractivity contribution in [3.8, 4) is 0 Å². The Labute approximate surface area is 166 Å². The number of carbonyl (C=O) groups is 3. The van der Waals surface area contributed by atoms with Gasteiger partial charge >= 0.3 is 6.09 Å². The zero-order chi connectivity index (χ0) is 20.6. The molecule has 0 unspecified atom stereocenters. The van der Waals surface area contributed by atoms with Gasteiger partial charge in [-0.3, -0.25) is 9.59 Å². The largest absolute Gasteiger partial charge is 0.446 e. The number of hydrogen-bond donors (Lipinski definition) is 2. The van der Waals surface area contributed by atoms with Crippen molar-refractivity contribution >= 4 is 29.1 Å². The minimum Gasteiger partial charge on any atom is -0.446 e. The van der Waals surface area contributed by atoms with E-state index in [0.717, 1.165) is 4.88 Å². The van der Waals surface area contributed by atoms with E-state index < -0.39 is 23.8 Å². The molecular weight excluding hydrogens is 364 g/mol. The molecule has 0 saturated heterocycles. The van der Waals surface area contributed by atoms with Crippen LogP contribution < -0.4 is 10.6 Å². The summed E-state index contributed by atoms with van der Waals surface area (Å²) in [7, 11) is 0. The first kappa shape index (κ1) is 23.1. The fraction of sp³-hybridized carbons (Fsp3) is 0.650. The molecule has 0 bridgehead atoms. The van der Waals surface area contributed by atoms with Gasteiger partial charge in [-0.2, -0.15) is 0 Å². The monoisotopic (exact) mass is 396 g/mol. The molecule has 0 spiro atoms. The van der Waals surface area contributed by atoms with Gasteiger partial charge < -0.3 is 15.4 Å². The van der Waals surface area contributed by atoms with Crippen molar-refractivity contribution in [1.29, 1.82) is 0 Å². The highest BCUT2D eigenvalue weighted by atomic mass is 32.1. The van der Waals surface area contributed by atoms with Crippen LogP contribution in [0.5, 0.6) is 0 Å². The molecule has 152 valence electrons. The first-order valence-corrected chi connectivity index (χ1v) is 10.3. The van der Waals surface area contributed by atoms with E-state index in [2.05, 4.69) is 10.6 Å². The molecule has 7 heteroatoms. The van der Waals surface area contributed by atoms with Crippen molar-refractivity contribution in [2.24, 2.45) is 17.8 Å². The maximum Gasteiger partial charge on any atom is 0.408 e. The average molecular weight is 397 g/mol. The number of rotatable bonds is 10. The second kappa shape index (κ2) is 11.1. The molecule has 1 aromatic rings. The third-order valence-electron chi connectivity index (χ3n) is 4.10. The lowest BCUT2D eigenvalue weighted by Gasteiger charge is -2.26. The smallest absolute Gasteiger partial charge is 0.408 e. The van der Waals surface area contributed by atoms with Crippen molar-refractivity contribution in [2.45, 2.75) is 66.7 Å². The Bertz CT molecular complexity index is 604. The molecule has 27 heavy (non-hydrogen) atoms. The Hall–Kier alpha value is -1.89. The summed E-state index contributed by atoms with van der Waals surface area (Å²) in [5.41, 5.74) is 0. The van der Waals surface area contributed by atoms with Crippen LogP contribution in [0.2, 0.25) is 0 Å². The van der Waals surface area contributed by atoms with E-state index in [4.69, 9.17) is 4.74 Å². The predicted molar refractivity (Wildman–Crippen MR) is 107 cm³/mol. The lowest BCUT2D eigenvalue weighted by Crippen LogP contribution is -2.49. The number of alkyl carbamates (subject to hydrolysis) is 1. The zero-order valence-corrected chi connectivity index (χ0v) is 17.9. The van der Waals surface area contributed by atoms with E-state index in [0.29, 0.717) is 13.0 Å². The van der Waals surface area contributed by atoms with Crippen LogP contribution in [0.1, 0.15) is 52.8 Å². The number of ether oxygens (including phenoxy) is 1. The number of ketones is 1. The highest BCUT2D eigenvalue weighted by molar-refractivity contribution is 7.09. The number of hydrogen-bond acceptors (Lipinski definition) is 5. The lowest BCUT2D eigenvalue weighted by atomic mass is 9.96. The second-order valence-corrected chi connectivity index (χ2v) is 8.84. The summed E-state index contributed by atoms with van der Waals surface area (Å²) in [6, 6.07) is 2.86. The summed E-state index contributed by atoms with van der Waals surface area (Å²) >= 11 is 1.50. The van der Waals surface area contributed by atoms with Crippen LogP contribution in [0, 0.1) is 17.8 Å². The molecule has 2 N–H and O–H groups in total. The highest BCUT2D eigenvalue weighted by Gasteiger charge is 2.30. The van der Waals surface area contributed by atoms with E-state index in [9.17, 15) is 14.4 Å². The molecule has 2 amide bonds. The average Bonchev–Trinajstić information content (AvgIpc) is 3.08. The molecule has 1 atom stereocenters. The van der Waals surface area contributed by atoms with Crippen LogP contribution in [0.3, 0.4) is 0 Å². The second-order valence-electron chi connectivity index (χ2n) is 7.81. The van der Waals surface area contributed by atoms with Gasteiger partial charge in [0.2, 0.25) is 5.78 Å². The summed E-state index contributed by atoms with van der Waals surface area (Å²) in [6.07, 6.45) is -0.547. The maximum atomic E-state index is 12.5. The number of nitrogens with one attached hydrogen (secondary N) is 2. The van der Waals surface area contributed by atoms with Crippen LogP contribution in [-0.4, -0.2) is 29.9 Å². The van der Waals surface area contributed by atoms with Crippen LogP contribution in [0.4, 0.5) is 4.79 Å². The van der Waals surface area contributed by atoms with E-state index in [1.807, 2.05) is 59.1 Å². The number of carbonyl (C=O) groups excluding carboxylic acids is 3. The number of amides is 2. The van der Waals surface area contributed by atoms with Crippen molar-refractivity contribution in [3.05, 3.63) is 22.4 Å². The number of thiophene rings is 1. The number of Topliss-reactive ketones (excluding diaryl/α,β-unsaturated/α-hetero) is 1. The molecule has 0 aromatic carbocycles. The Kier molecular flexibility index (Phi) is 9.49. The SMILES string of the molecule is CC(C)C[C@H](NC(=O)OC(C(C)C)C(C)C)C(=O)C(=O)NCc1cccs1. The summed E-state index contributed by atoms with van der Waals surface area (Å²) in [4.78, 5) is 38.1. The van der Waals surface area contributed by atoms with Crippen molar-refractivity contribution in [2.75, 3.05) is 0 Å².